The normalized spacial score (nSPS) is 10.5. The SMILES string of the molecule is COc1ccc(OC)c(C(=O)C=Cc2cccnc2)c1. The highest BCUT2D eigenvalue weighted by molar-refractivity contribution is 6.08. The fourth-order valence-corrected chi connectivity index (χ4v) is 1.74. The molecule has 102 valence electrons. The van der Waals surface area contributed by atoms with Gasteiger partial charge >= 0.3 is 0 Å². The molecule has 0 saturated carbocycles. The molecule has 0 aliphatic carbocycles. The van der Waals surface area contributed by atoms with Gasteiger partial charge in [0.05, 0.1) is 19.8 Å². The largest absolute Gasteiger partial charge is 0.497 e. The summed E-state index contributed by atoms with van der Waals surface area (Å²) < 4.78 is 10.3. The highest BCUT2D eigenvalue weighted by atomic mass is 16.5. The van der Waals surface area contributed by atoms with Crippen LogP contribution >= 0.6 is 0 Å². The van der Waals surface area contributed by atoms with E-state index in [4.69, 9.17) is 9.47 Å². The van der Waals surface area contributed by atoms with E-state index in [9.17, 15) is 4.79 Å². The molecule has 0 amide bonds. The molecule has 0 radical (unpaired) electrons. The number of ether oxygens (including phenoxy) is 2. The van der Waals surface area contributed by atoms with Gasteiger partial charge in [-0.25, -0.2) is 0 Å². The number of allylic oxidation sites excluding steroid dienone is 1. The predicted octanol–water partition coefficient (Wildman–Crippen LogP) is 2.99. The average Bonchev–Trinajstić information content (AvgIpc) is 2.52. The molecule has 1 aromatic heterocycles. The van der Waals surface area contributed by atoms with Gasteiger partial charge in [-0.1, -0.05) is 6.07 Å². The molecule has 2 aromatic rings. The lowest BCUT2D eigenvalue weighted by Gasteiger charge is -2.07. The Morgan fingerprint density at radius 2 is 2.05 bits per heavy atom. The van der Waals surface area contributed by atoms with Crippen molar-refractivity contribution in [1.82, 2.24) is 4.98 Å². The van der Waals surface area contributed by atoms with Crippen molar-refractivity contribution in [2.45, 2.75) is 0 Å². The molecular weight excluding hydrogens is 254 g/mol. The molecule has 4 nitrogen and oxygen atoms in total. The van der Waals surface area contributed by atoms with Crippen molar-refractivity contribution < 1.29 is 14.3 Å². The summed E-state index contributed by atoms with van der Waals surface area (Å²) in [5, 5.41) is 0. The van der Waals surface area contributed by atoms with Crippen LogP contribution in [0.4, 0.5) is 0 Å². The first-order valence-electron chi connectivity index (χ1n) is 6.09. The van der Waals surface area contributed by atoms with Crippen LogP contribution in [0.3, 0.4) is 0 Å². The van der Waals surface area contributed by atoms with Crippen LogP contribution in [0.15, 0.2) is 48.8 Å². The molecule has 1 heterocycles. The number of aromatic nitrogens is 1. The summed E-state index contributed by atoms with van der Waals surface area (Å²) in [5.74, 6) is 0.986. The van der Waals surface area contributed by atoms with Crippen molar-refractivity contribution in [2.75, 3.05) is 14.2 Å². The monoisotopic (exact) mass is 269 g/mol. The highest BCUT2D eigenvalue weighted by Gasteiger charge is 2.10. The third kappa shape index (κ3) is 3.23. The van der Waals surface area contributed by atoms with Crippen LogP contribution in [0.2, 0.25) is 0 Å². The molecule has 20 heavy (non-hydrogen) atoms. The minimum atomic E-state index is -0.149. The second kappa shape index (κ2) is 6.52. The van der Waals surface area contributed by atoms with E-state index in [1.54, 1.807) is 43.8 Å². The summed E-state index contributed by atoms with van der Waals surface area (Å²) in [4.78, 5) is 16.2. The lowest BCUT2D eigenvalue weighted by Crippen LogP contribution is -1.99. The standard InChI is InChI=1S/C16H15NO3/c1-19-13-6-8-16(20-2)14(10-13)15(18)7-5-12-4-3-9-17-11-12/h3-11H,1-2H3. The van der Waals surface area contributed by atoms with Crippen molar-refractivity contribution in [3.8, 4) is 11.5 Å². The van der Waals surface area contributed by atoms with Gasteiger partial charge in [-0.2, -0.15) is 0 Å². The van der Waals surface area contributed by atoms with Gasteiger partial charge in [-0.05, 0) is 42.0 Å². The first kappa shape index (κ1) is 13.8. The Kier molecular flexibility index (Phi) is 4.50. The Morgan fingerprint density at radius 3 is 2.70 bits per heavy atom. The summed E-state index contributed by atoms with van der Waals surface area (Å²) in [6.45, 7) is 0. The zero-order valence-corrected chi connectivity index (χ0v) is 11.4. The van der Waals surface area contributed by atoms with E-state index in [1.807, 2.05) is 12.1 Å². The molecule has 0 bridgehead atoms. The minimum Gasteiger partial charge on any atom is -0.497 e. The Morgan fingerprint density at radius 1 is 1.20 bits per heavy atom. The maximum Gasteiger partial charge on any atom is 0.189 e. The Bertz CT molecular complexity index is 621. The molecule has 0 saturated heterocycles. The van der Waals surface area contributed by atoms with Gasteiger partial charge in [-0.3, -0.25) is 9.78 Å². The van der Waals surface area contributed by atoms with E-state index >= 15 is 0 Å². The number of carbonyl (C=O) groups is 1. The number of benzene rings is 1. The second-order valence-corrected chi connectivity index (χ2v) is 4.05. The first-order valence-corrected chi connectivity index (χ1v) is 6.09. The molecule has 2 rings (SSSR count). The van der Waals surface area contributed by atoms with Crippen LogP contribution in [0, 0.1) is 0 Å². The lowest BCUT2D eigenvalue weighted by atomic mass is 10.1. The molecular formula is C16H15NO3. The number of rotatable bonds is 5. The van der Waals surface area contributed by atoms with E-state index in [2.05, 4.69) is 4.98 Å². The molecule has 0 aliphatic heterocycles. The maximum atomic E-state index is 12.2. The van der Waals surface area contributed by atoms with Crippen molar-refractivity contribution >= 4 is 11.9 Å². The number of pyridine rings is 1. The number of nitrogens with zero attached hydrogens (tertiary/aromatic N) is 1. The Labute approximate surface area is 117 Å². The quantitative estimate of drug-likeness (QED) is 0.618. The molecule has 4 heteroatoms. The fourth-order valence-electron chi connectivity index (χ4n) is 1.74. The summed E-state index contributed by atoms with van der Waals surface area (Å²) >= 11 is 0. The molecule has 0 N–H and O–H groups in total. The van der Waals surface area contributed by atoms with Gasteiger partial charge in [0.25, 0.3) is 0 Å². The molecule has 0 unspecified atom stereocenters. The summed E-state index contributed by atoms with van der Waals surface area (Å²) in [6, 6.07) is 8.81. The summed E-state index contributed by atoms with van der Waals surface area (Å²) in [7, 11) is 3.09. The van der Waals surface area contributed by atoms with Crippen molar-refractivity contribution in [3.63, 3.8) is 0 Å². The average molecular weight is 269 g/mol. The van der Waals surface area contributed by atoms with Gasteiger partial charge in [0.1, 0.15) is 11.5 Å². The lowest BCUT2D eigenvalue weighted by molar-refractivity contribution is 0.104. The number of ketones is 1. The smallest absolute Gasteiger partial charge is 0.189 e. The summed E-state index contributed by atoms with van der Waals surface area (Å²) in [6.07, 6.45) is 6.58. The van der Waals surface area contributed by atoms with Gasteiger partial charge in [-0.15, -0.1) is 0 Å². The Hall–Kier alpha value is -2.62. The van der Waals surface area contributed by atoms with E-state index in [-0.39, 0.29) is 5.78 Å². The molecule has 0 aliphatic rings. The van der Waals surface area contributed by atoms with Crippen molar-refractivity contribution in [2.24, 2.45) is 0 Å². The molecule has 0 atom stereocenters. The van der Waals surface area contributed by atoms with Crippen LogP contribution in [0.1, 0.15) is 15.9 Å². The van der Waals surface area contributed by atoms with Crippen LogP contribution in [0.5, 0.6) is 11.5 Å². The maximum absolute atomic E-state index is 12.2. The number of hydrogen-bond acceptors (Lipinski definition) is 4. The van der Waals surface area contributed by atoms with Gasteiger partial charge < -0.3 is 9.47 Å². The summed E-state index contributed by atoms with van der Waals surface area (Å²) in [5.41, 5.74) is 1.33. The van der Waals surface area contributed by atoms with Gasteiger partial charge in [0.15, 0.2) is 5.78 Å². The number of methoxy groups -OCH3 is 2. The number of carbonyl (C=O) groups excluding carboxylic acids is 1. The van der Waals surface area contributed by atoms with Gasteiger partial charge in [0, 0.05) is 12.4 Å². The zero-order valence-electron chi connectivity index (χ0n) is 11.4. The second-order valence-electron chi connectivity index (χ2n) is 4.05. The van der Waals surface area contributed by atoms with E-state index < -0.39 is 0 Å². The fraction of sp³-hybridized carbons (Fsp3) is 0.125. The Balaban J connectivity index is 2.26. The highest BCUT2D eigenvalue weighted by Crippen LogP contribution is 2.24. The molecule has 1 aromatic carbocycles. The van der Waals surface area contributed by atoms with E-state index in [1.165, 1.54) is 13.2 Å². The number of hydrogen-bond donors (Lipinski definition) is 0. The van der Waals surface area contributed by atoms with Crippen LogP contribution < -0.4 is 9.47 Å². The zero-order chi connectivity index (χ0) is 14.4. The first-order chi connectivity index (χ1) is 9.74. The molecule has 0 spiro atoms. The van der Waals surface area contributed by atoms with Crippen molar-refractivity contribution in [1.29, 1.82) is 0 Å². The van der Waals surface area contributed by atoms with E-state index in [0.29, 0.717) is 17.1 Å². The predicted molar refractivity (Wildman–Crippen MR) is 77.1 cm³/mol. The third-order valence-electron chi connectivity index (χ3n) is 2.78. The topological polar surface area (TPSA) is 48.4 Å². The molecule has 0 fully saturated rings. The van der Waals surface area contributed by atoms with Crippen molar-refractivity contribution in [3.05, 3.63) is 59.9 Å². The minimum absolute atomic E-state index is 0.149. The van der Waals surface area contributed by atoms with Crippen LogP contribution in [0.25, 0.3) is 6.08 Å². The van der Waals surface area contributed by atoms with E-state index in [0.717, 1.165) is 5.56 Å². The van der Waals surface area contributed by atoms with Crippen LogP contribution in [-0.4, -0.2) is 25.0 Å². The van der Waals surface area contributed by atoms with Gasteiger partial charge in [0.2, 0.25) is 0 Å². The third-order valence-corrected chi connectivity index (χ3v) is 2.78. The van der Waals surface area contributed by atoms with Crippen LogP contribution in [-0.2, 0) is 0 Å².